The van der Waals surface area contributed by atoms with Crippen molar-refractivity contribution in [1.82, 2.24) is 19.9 Å². The Bertz CT molecular complexity index is 1230. The molecule has 3 aromatic rings. The number of carbonyl (C=O) groups excluding carboxylic acids is 2. The van der Waals surface area contributed by atoms with Crippen LogP contribution in [0.5, 0.6) is 0 Å². The number of piperidine rings is 2. The molecule has 35 heavy (non-hydrogen) atoms. The number of ether oxygens (including phenoxy) is 1. The lowest BCUT2D eigenvalue weighted by molar-refractivity contribution is -0.0199. The van der Waals surface area contributed by atoms with Gasteiger partial charge in [-0.1, -0.05) is 11.3 Å². The van der Waals surface area contributed by atoms with Gasteiger partial charge in [-0.15, -0.1) is 0 Å². The van der Waals surface area contributed by atoms with Crippen molar-refractivity contribution in [2.24, 2.45) is 0 Å². The van der Waals surface area contributed by atoms with Crippen molar-refractivity contribution in [3.63, 3.8) is 0 Å². The number of nitrogens with one attached hydrogen (secondary N) is 2. The summed E-state index contributed by atoms with van der Waals surface area (Å²) in [6, 6.07) is 6.26. The van der Waals surface area contributed by atoms with Crippen LogP contribution in [-0.2, 0) is 4.74 Å². The number of pyridine rings is 2. The van der Waals surface area contributed by atoms with Gasteiger partial charge in [0, 0.05) is 35.8 Å². The summed E-state index contributed by atoms with van der Waals surface area (Å²) in [7, 11) is 0. The Hall–Kier alpha value is -3.27. The molecule has 5 heterocycles. The standard InChI is InChI=1S/C25H30N6O3S/c1-25(2,3)34-24(33)31-16-6-4-7-17(31)11-15(10-16)28-22-19-8-5-9-26-20(19)12-21(29-22)30-23-27-13-18(14-32)35-23/h5,8-9,12-17H,4,6-7,10-11H2,1-3H3,(H2,27,28,29,30). The molecule has 0 radical (unpaired) electrons. The molecule has 184 valence electrons. The number of anilines is 3. The predicted octanol–water partition coefficient (Wildman–Crippen LogP) is 5.37. The monoisotopic (exact) mass is 494 g/mol. The van der Waals surface area contributed by atoms with Gasteiger partial charge in [-0.3, -0.25) is 9.78 Å². The zero-order valence-corrected chi connectivity index (χ0v) is 21.0. The first-order valence-electron chi connectivity index (χ1n) is 12.0. The Labute approximate surface area is 208 Å². The fraction of sp³-hybridized carbons (Fsp3) is 0.480. The van der Waals surface area contributed by atoms with Crippen molar-refractivity contribution in [1.29, 1.82) is 0 Å². The summed E-state index contributed by atoms with van der Waals surface area (Å²) < 4.78 is 5.72. The molecule has 2 aliphatic rings. The van der Waals surface area contributed by atoms with Gasteiger partial charge >= 0.3 is 6.09 Å². The second kappa shape index (κ2) is 9.41. The van der Waals surface area contributed by atoms with Gasteiger partial charge < -0.3 is 20.3 Å². The van der Waals surface area contributed by atoms with Gasteiger partial charge in [0.2, 0.25) is 0 Å². The topological polar surface area (TPSA) is 109 Å². The second-order valence-corrected chi connectivity index (χ2v) is 11.2. The number of fused-ring (bicyclic) bond motifs is 3. The molecule has 5 rings (SSSR count). The lowest BCUT2D eigenvalue weighted by Gasteiger charge is -2.48. The summed E-state index contributed by atoms with van der Waals surface area (Å²) in [5, 5.41) is 8.39. The maximum Gasteiger partial charge on any atom is 0.410 e. The first-order chi connectivity index (χ1) is 16.8. The van der Waals surface area contributed by atoms with E-state index in [9.17, 15) is 9.59 Å². The minimum Gasteiger partial charge on any atom is -0.444 e. The molecule has 2 atom stereocenters. The highest BCUT2D eigenvalue weighted by Crippen LogP contribution is 2.37. The minimum absolute atomic E-state index is 0.151. The molecule has 0 aromatic carbocycles. The quantitative estimate of drug-likeness (QED) is 0.455. The molecule has 2 bridgehead atoms. The van der Waals surface area contributed by atoms with Crippen molar-refractivity contribution in [3.8, 4) is 0 Å². The van der Waals surface area contributed by atoms with Crippen LogP contribution in [0.1, 0.15) is 62.5 Å². The molecule has 0 aliphatic carbocycles. The van der Waals surface area contributed by atoms with Crippen molar-refractivity contribution in [3.05, 3.63) is 35.5 Å². The largest absolute Gasteiger partial charge is 0.444 e. The van der Waals surface area contributed by atoms with E-state index in [1.807, 2.05) is 43.9 Å². The van der Waals surface area contributed by atoms with Gasteiger partial charge in [-0.2, -0.15) is 0 Å². The van der Waals surface area contributed by atoms with Gasteiger partial charge in [0.1, 0.15) is 17.2 Å². The molecule has 0 saturated carbocycles. The first kappa shape index (κ1) is 23.5. The zero-order chi connectivity index (χ0) is 24.6. The summed E-state index contributed by atoms with van der Waals surface area (Å²) in [6.45, 7) is 5.73. The SMILES string of the molecule is CC(C)(C)OC(=O)N1C2CCCC1CC(Nc1nc(Nc3ncc(C=O)s3)cc3ncccc13)C2. The third-order valence-corrected chi connectivity index (χ3v) is 7.23. The molecule has 10 heteroatoms. The number of aromatic nitrogens is 3. The van der Waals surface area contributed by atoms with E-state index in [0.717, 1.165) is 55.1 Å². The molecule has 3 aromatic heterocycles. The summed E-state index contributed by atoms with van der Waals surface area (Å²) in [5.74, 6) is 1.36. The van der Waals surface area contributed by atoms with E-state index in [2.05, 4.69) is 20.6 Å². The van der Waals surface area contributed by atoms with Crippen LogP contribution in [0.15, 0.2) is 30.6 Å². The molecule has 2 fully saturated rings. The van der Waals surface area contributed by atoms with E-state index in [1.54, 1.807) is 6.20 Å². The fourth-order valence-electron chi connectivity index (χ4n) is 5.06. The van der Waals surface area contributed by atoms with Gasteiger partial charge in [-0.05, 0) is 65.0 Å². The molecule has 9 nitrogen and oxygen atoms in total. The van der Waals surface area contributed by atoms with Crippen molar-refractivity contribution < 1.29 is 14.3 Å². The number of rotatable bonds is 5. The summed E-state index contributed by atoms with van der Waals surface area (Å²) in [6.07, 6.45) is 8.64. The summed E-state index contributed by atoms with van der Waals surface area (Å²) in [4.78, 5) is 40.1. The molecule has 2 unspecified atom stereocenters. The lowest BCUT2D eigenvalue weighted by Crippen LogP contribution is -2.58. The smallest absolute Gasteiger partial charge is 0.410 e. The second-order valence-electron chi connectivity index (χ2n) is 10.2. The number of hydrogen-bond donors (Lipinski definition) is 2. The first-order valence-corrected chi connectivity index (χ1v) is 12.8. The Morgan fingerprint density at radius 2 is 2.00 bits per heavy atom. The van der Waals surface area contributed by atoms with E-state index in [0.29, 0.717) is 15.8 Å². The van der Waals surface area contributed by atoms with Crippen LogP contribution in [0.25, 0.3) is 10.9 Å². The van der Waals surface area contributed by atoms with Crippen molar-refractivity contribution in [2.75, 3.05) is 10.6 Å². The summed E-state index contributed by atoms with van der Waals surface area (Å²) in [5.41, 5.74) is 0.305. The van der Waals surface area contributed by atoms with E-state index in [-0.39, 0.29) is 24.2 Å². The van der Waals surface area contributed by atoms with E-state index in [1.165, 1.54) is 17.5 Å². The van der Waals surface area contributed by atoms with Gasteiger partial charge in [-0.25, -0.2) is 14.8 Å². The number of nitrogens with zero attached hydrogens (tertiary/aromatic N) is 4. The highest BCUT2D eigenvalue weighted by atomic mass is 32.1. The third kappa shape index (κ3) is 5.22. The molecular formula is C25H30N6O3S. The number of hydrogen-bond acceptors (Lipinski definition) is 9. The molecular weight excluding hydrogens is 464 g/mol. The normalized spacial score (nSPS) is 22.0. The number of aldehydes is 1. The number of amides is 1. The average Bonchev–Trinajstić information content (AvgIpc) is 3.25. The molecule has 2 saturated heterocycles. The highest BCUT2D eigenvalue weighted by Gasteiger charge is 2.42. The Kier molecular flexibility index (Phi) is 6.31. The maximum absolute atomic E-state index is 12.9. The Morgan fingerprint density at radius 1 is 1.23 bits per heavy atom. The van der Waals surface area contributed by atoms with Crippen LogP contribution in [-0.4, -0.2) is 56.0 Å². The van der Waals surface area contributed by atoms with Crippen LogP contribution in [0.3, 0.4) is 0 Å². The van der Waals surface area contributed by atoms with Crippen LogP contribution >= 0.6 is 11.3 Å². The van der Waals surface area contributed by atoms with Crippen LogP contribution in [0, 0.1) is 0 Å². The minimum atomic E-state index is -0.506. The molecule has 2 aliphatic heterocycles. The molecule has 0 spiro atoms. The van der Waals surface area contributed by atoms with E-state index < -0.39 is 5.60 Å². The maximum atomic E-state index is 12.9. The predicted molar refractivity (Wildman–Crippen MR) is 136 cm³/mol. The summed E-state index contributed by atoms with van der Waals surface area (Å²) >= 11 is 1.27. The van der Waals surface area contributed by atoms with Gasteiger partial charge in [0.05, 0.1) is 16.6 Å². The molecule has 2 N–H and O–H groups in total. The number of carbonyl (C=O) groups is 2. The molecule has 1 amide bonds. The van der Waals surface area contributed by atoms with Gasteiger partial charge in [0.25, 0.3) is 0 Å². The highest BCUT2D eigenvalue weighted by molar-refractivity contribution is 7.17. The Balaban J connectivity index is 1.37. The van der Waals surface area contributed by atoms with Gasteiger partial charge in [0.15, 0.2) is 11.4 Å². The van der Waals surface area contributed by atoms with Crippen LogP contribution < -0.4 is 10.6 Å². The zero-order valence-electron chi connectivity index (χ0n) is 20.2. The Morgan fingerprint density at radius 3 is 2.69 bits per heavy atom. The van der Waals surface area contributed by atoms with Crippen LogP contribution in [0.2, 0.25) is 0 Å². The van der Waals surface area contributed by atoms with Crippen LogP contribution in [0.4, 0.5) is 21.6 Å². The lowest BCUT2D eigenvalue weighted by atomic mass is 9.82. The van der Waals surface area contributed by atoms with E-state index in [4.69, 9.17) is 9.72 Å². The fourth-order valence-corrected chi connectivity index (χ4v) is 5.70. The van der Waals surface area contributed by atoms with Crippen molar-refractivity contribution in [2.45, 2.75) is 76.6 Å². The third-order valence-electron chi connectivity index (χ3n) is 6.39. The van der Waals surface area contributed by atoms with E-state index >= 15 is 0 Å². The number of thiazole rings is 1. The van der Waals surface area contributed by atoms with Crippen molar-refractivity contribution >= 4 is 51.4 Å². The average molecular weight is 495 g/mol.